The molecule has 3 heterocycles. The monoisotopic (exact) mass is 278 g/mol. The molecule has 3 atom stereocenters. The van der Waals surface area contributed by atoms with Gasteiger partial charge in [-0.25, -0.2) is 0 Å². The van der Waals surface area contributed by atoms with Crippen LogP contribution in [-0.4, -0.2) is 22.4 Å². The van der Waals surface area contributed by atoms with E-state index in [-0.39, 0.29) is 24.0 Å². The van der Waals surface area contributed by atoms with Crippen LogP contribution in [0.4, 0.5) is 0 Å². The molecule has 5 rings (SSSR count). The Kier molecular flexibility index (Phi) is 3.16. The first-order valence-corrected chi connectivity index (χ1v) is 7.77. The summed E-state index contributed by atoms with van der Waals surface area (Å²) in [6, 6.07) is 0. The summed E-state index contributed by atoms with van der Waals surface area (Å²) < 4.78 is 6.32. The molecule has 0 aromatic heterocycles. The molecule has 0 saturated heterocycles. The Bertz CT molecular complexity index is 469. The van der Waals surface area contributed by atoms with Crippen molar-refractivity contribution < 1.29 is 14.9 Å². The Hall–Kier alpha value is -0.960. The second-order valence-electron chi connectivity index (χ2n) is 7.90. The SMILES string of the molecule is CC(C)(C)CCC12CCC3=C(C=C(O)C(C1)C3CO)O2. The molecule has 2 aliphatic carbocycles. The second-order valence-corrected chi connectivity index (χ2v) is 7.90. The van der Waals surface area contributed by atoms with E-state index in [1.165, 1.54) is 5.57 Å². The molecule has 4 bridgehead atoms. The van der Waals surface area contributed by atoms with Gasteiger partial charge < -0.3 is 14.9 Å². The summed E-state index contributed by atoms with van der Waals surface area (Å²) in [4.78, 5) is 0. The molecular weight excluding hydrogens is 252 g/mol. The number of aliphatic hydroxyl groups is 2. The zero-order valence-corrected chi connectivity index (χ0v) is 12.8. The minimum atomic E-state index is -0.137. The molecule has 2 N–H and O–H groups in total. The summed E-state index contributed by atoms with van der Waals surface area (Å²) in [5.74, 6) is 1.36. The van der Waals surface area contributed by atoms with Crippen molar-refractivity contribution in [2.24, 2.45) is 17.3 Å². The Balaban J connectivity index is 1.88. The van der Waals surface area contributed by atoms with E-state index in [1.807, 2.05) is 0 Å². The Morgan fingerprint density at radius 2 is 2.15 bits per heavy atom. The van der Waals surface area contributed by atoms with Gasteiger partial charge in [-0.2, -0.15) is 0 Å². The van der Waals surface area contributed by atoms with Gasteiger partial charge in [0.05, 0.1) is 12.4 Å². The molecule has 0 aromatic rings. The lowest BCUT2D eigenvalue weighted by atomic mass is 9.77. The van der Waals surface area contributed by atoms with Crippen molar-refractivity contribution in [1.82, 2.24) is 0 Å². The minimum Gasteiger partial charge on any atom is -0.512 e. The molecule has 0 radical (unpaired) electrons. The molecule has 0 spiro atoms. The maximum absolute atomic E-state index is 10.2. The van der Waals surface area contributed by atoms with E-state index in [9.17, 15) is 10.2 Å². The number of hydrogen-bond donors (Lipinski definition) is 2. The van der Waals surface area contributed by atoms with Crippen LogP contribution < -0.4 is 0 Å². The molecule has 0 amide bonds. The highest BCUT2D eigenvalue weighted by molar-refractivity contribution is 5.36. The molecule has 3 unspecified atom stereocenters. The van der Waals surface area contributed by atoms with Crippen LogP contribution in [0.1, 0.15) is 52.9 Å². The summed E-state index contributed by atoms with van der Waals surface area (Å²) in [5, 5.41) is 19.9. The number of aliphatic hydroxyl groups excluding tert-OH is 2. The zero-order chi connectivity index (χ0) is 14.5. The maximum Gasteiger partial charge on any atom is 0.123 e. The van der Waals surface area contributed by atoms with Crippen molar-refractivity contribution >= 4 is 0 Å². The van der Waals surface area contributed by atoms with Crippen LogP contribution in [0.2, 0.25) is 0 Å². The average molecular weight is 278 g/mol. The highest BCUT2D eigenvalue weighted by Crippen LogP contribution is 2.53. The van der Waals surface area contributed by atoms with E-state index in [2.05, 4.69) is 20.8 Å². The standard InChI is InChI=1S/C17H26O3/c1-16(2,3)6-7-17-5-4-11-13(10-18)12(9-17)14(19)8-15(11)20-17/h8,12-13,18-19H,4-7,9-10H2,1-3H3. The first-order valence-electron chi connectivity index (χ1n) is 7.77. The molecule has 3 heteroatoms. The molecule has 3 aliphatic heterocycles. The summed E-state index contributed by atoms with van der Waals surface area (Å²) in [5.41, 5.74) is 1.38. The molecular formula is C17H26O3. The molecule has 5 aliphatic rings. The van der Waals surface area contributed by atoms with Gasteiger partial charge in [-0.05, 0) is 43.1 Å². The molecule has 1 saturated carbocycles. The van der Waals surface area contributed by atoms with Gasteiger partial charge in [0.25, 0.3) is 0 Å². The van der Waals surface area contributed by atoms with E-state index in [0.29, 0.717) is 11.2 Å². The van der Waals surface area contributed by atoms with E-state index >= 15 is 0 Å². The fourth-order valence-electron chi connectivity index (χ4n) is 3.93. The maximum atomic E-state index is 10.2. The van der Waals surface area contributed by atoms with Gasteiger partial charge in [0.15, 0.2) is 0 Å². The molecule has 112 valence electrons. The Morgan fingerprint density at radius 1 is 1.40 bits per heavy atom. The van der Waals surface area contributed by atoms with Crippen LogP contribution in [0.15, 0.2) is 23.2 Å². The highest BCUT2D eigenvalue weighted by Gasteiger charge is 2.50. The summed E-state index contributed by atoms with van der Waals surface area (Å²) in [6.45, 7) is 6.89. The number of rotatable bonds is 3. The fourth-order valence-corrected chi connectivity index (χ4v) is 3.93. The van der Waals surface area contributed by atoms with Gasteiger partial charge in [0.2, 0.25) is 0 Å². The van der Waals surface area contributed by atoms with Crippen molar-refractivity contribution in [3.63, 3.8) is 0 Å². The van der Waals surface area contributed by atoms with E-state index in [0.717, 1.165) is 37.9 Å². The van der Waals surface area contributed by atoms with E-state index in [1.54, 1.807) is 6.08 Å². The van der Waals surface area contributed by atoms with E-state index < -0.39 is 0 Å². The van der Waals surface area contributed by atoms with Gasteiger partial charge >= 0.3 is 0 Å². The first-order chi connectivity index (χ1) is 9.34. The summed E-state index contributed by atoms with van der Waals surface area (Å²) in [6.07, 6.45) is 6.81. The van der Waals surface area contributed by atoms with Crippen LogP contribution in [-0.2, 0) is 4.74 Å². The number of allylic oxidation sites excluding steroid dienone is 2. The Morgan fingerprint density at radius 3 is 2.80 bits per heavy atom. The Labute approximate surface area is 121 Å². The lowest BCUT2D eigenvalue weighted by Crippen LogP contribution is -2.35. The molecule has 20 heavy (non-hydrogen) atoms. The third-order valence-electron chi connectivity index (χ3n) is 5.20. The van der Waals surface area contributed by atoms with E-state index in [4.69, 9.17) is 4.74 Å². The predicted molar refractivity (Wildman–Crippen MR) is 78.2 cm³/mol. The third kappa shape index (κ3) is 2.26. The van der Waals surface area contributed by atoms with Crippen molar-refractivity contribution in [3.8, 4) is 0 Å². The largest absolute Gasteiger partial charge is 0.512 e. The van der Waals surface area contributed by atoms with Crippen molar-refractivity contribution in [3.05, 3.63) is 23.2 Å². The summed E-state index contributed by atoms with van der Waals surface area (Å²) >= 11 is 0. The number of fused-ring (bicyclic) bond motifs is 1. The quantitative estimate of drug-likeness (QED) is 0.827. The topological polar surface area (TPSA) is 49.7 Å². The lowest BCUT2D eigenvalue weighted by molar-refractivity contribution is -0.0304. The lowest BCUT2D eigenvalue weighted by Gasteiger charge is -2.38. The minimum absolute atomic E-state index is 0.0451. The first kappa shape index (κ1) is 14.0. The van der Waals surface area contributed by atoms with Crippen LogP contribution in [0.5, 0.6) is 0 Å². The normalized spacial score (nSPS) is 35.9. The van der Waals surface area contributed by atoms with Gasteiger partial charge in [-0.15, -0.1) is 0 Å². The number of hydrogen-bond acceptors (Lipinski definition) is 3. The van der Waals surface area contributed by atoms with Gasteiger partial charge in [0, 0.05) is 17.9 Å². The molecule has 1 fully saturated rings. The second kappa shape index (κ2) is 4.52. The smallest absolute Gasteiger partial charge is 0.123 e. The predicted octanol–water partition coefficient (Wildman–Crippen LogP) is 3.70. The summed E-state index contributed by atoms with van der Waals surface area (Å²) in [7, 11) is 0. The van der Waals surface area contributed by atoms with Crippen LogP contribution in [0.25, 0.3) is 0 Å². The van der Waals surface area contributed by atoms with Gasteiger partial charge in [-0.3, -0.25) is 0 Å². The molecule has 3 nitrogen and oxygen atoms in total. The zero-order valence-electron chi connectivity index (χ0n) is 12.8. The third-order valence-corrected chi connectivity index (χ3v) is 5.20. The molecule has 0 aromatic carbocycles. The fraction of sp³-hybridized carbons (Fsp3) is 0.765. The van der Waals surface area contributed by atoms with Crippen molar-refractivity contribution in [1.29, 1.82) is 0 Å². The van der Waals surface area contributed by atoms with Crippen molar-refractivity contribution in [2.75, 3.05) is 6.61 Å². The van der Waals surface area contributed by atoms with Crippen LogP contribution in [0, 0.1) is 17.3 Å². The van der Waals surface area contributed by atoms with Crippen LogP contribution >= 0.6 is 0 Å². The average Bonchev–Trinajstić information content (AvgIpc) is 2.65. The van der Waals surface area contributed by atoms with Gasteiger partial charge in [-0.1, -0.05) is 20.8 Å². The number of ether oxygens (including phenoxy) is 1. The van der Waals surface area contributed by atoms with Crippen LogP contribution in [0.3, 0.4) is 0 Å². The van der Waals surface area contributed by atoms with Crippen molar-refractivity contribution in [2.45, 2.75) is 58.5 Å². The highest BCUT2D eigenvalue weighted by atomic mass is 16.5. The van der Waals surface area contributed by atoms with Gasteiger partial charge in [0.1, 0.15) is 11.4 Å².